The number of hydrogen-bond acceptors (Lipinski definition) is 4. The summed E-state index contributed by atoms with van der Waals surface area (Å²) in [7, 11) is 0. The van der Waals surface area contributed by atoms with Gasteiger partial charge >= 0.3 is 0 Å². The van der Waals surface area contributed by atoms with Gasteiger partial charge in [-0.05, 0) is 39.2 Å². The van der Waals surface area contributed by atoms with E-state index in [1.165, 1.54) is 16.8 Å². The van der Waals surface area contributed by atoms with Gasteiger partial charge in [-0.1, -0.05) is 6.92 Å². The van der Waals surface area contributed by atoms with E-state index in [-0.39, 0.29) is 23.2 Å². The highest BCUT2D eigenvalue weighted by Crippen LogP contribution is 2.27. The molecule has 0 aromatic carbocycles. The van der Waals surface area contributed by atoms with Crippen molar-refractivity contribution in [1.82, 2.24) is 14.7 Å². The third kappa shape index (κ3) is 3.32. The summed E-state index contributed by atoms with van der Waals surface area (Å²) in [6.07, 6.45) is 2.43. The van der Waals surface area contributed by atoms with Crippen molar-refractivity contribution < 1.29 is 9.90 Å². The monoisotopic (exact) mass is 293 g/mol. The molecule has 1 aromatic rings. The van der Waals surface area contributed by atoms with Crippen molar-refractivity contribution >= 4 is 5.91 Å². The van der Waals surface area contributed by atoms with Crippen molar-refractivity contribution in [2.75, 3.05) is 6.54 Å². The maximum atomic E-state index is 12.6. The van der Waals surface area contributed by atoms with Gasteiger partial charge in [0.05, 0.1) is 11.6 Å². The normalized spacial score (nSPS) is 19.0. The van der Waals surface area contributed by atoms with E-state index >= 15 is 0 Å². The zero-order valence-electron chi connectivity index (χ0n) is 12.9. The van der Waals surface area contributed by atoms with Crippen molar-refractivity contribution in [3.8, 4) is 0 Å². The molecule has 1 atom stereocenters. The lowest BCUT2D eigenvalue weighted by Crippen LogP contribution is -2.48. The molecule has 1 amide bonds. The van der Waals surface area contributed by atoms with Crippen LogP contribution in [-0.2, 0) is 6.54 Å². The summed E-state index contributed by atoms with van der Waals surface area (Å²) in [6, 6.07) is 2.64. The molecule has 6 nitrogen and oxygen atoms in total. The van der Waals surface area contributed by atoms with E-state index < -0.39 is 5.60 Å². The van der Waals surface area contributed by atoms with Crippen molar-refractivity contribution in [3.05, 3.63) is 28.2 Å². The minimum atomic E-state index is -0.940. The number of nitrogens with zero attached hydrogens (tertiary/aromatic N) is 3. The number of likely N-dealkylation sites (tertiary alicyclic amines) is 1. The number of amides is 1. The predicted molar refractivity (Wildman–Crippen MR) is 79.1 cm³/mol. The second-order valence-electron chi connectivity index (χ2n) is 6.09. The number of aromatic nitrogens is 2. The smallest absolute Gasteiger partial charge is 0.274 e. The maximum Gasteiger partial charge on any atom is 0.274 e. The van der Waals surface area contributed by atoms with Crippen LogP contribution >= 0.6 is 0 Å². The minimum absolute atomic E-state index is 0.200. The largest absolute Gasteiger partial charge is 0.388 e. The fourth-order valence-corrected chi connectivity index (χ4v) is 2.83. The third-order valence-electron chi connectivity index (χ3n) is 3.85. The average Bonchev–Trinajstić information content (AvgIpc) is 2.90. The van der Waals surface area contributed by atoms with Gasteiger partial charge in [0.2, 0.25) is 0 Å². The highest BCUT2D eigenvalue weighted by molar-refractivity contribution is 5.92. The van der Waals surface area contributed by atoms with Crippen LogP contribution in [0.25, 0.3) is 0 Å². The molecule has 0 spiro atoms. The van der Waals surface area contributed by atoms with Crippen LogP contribution in [-0.4, -0.2) is 43.9 Å². The lowest BCUT2D eigenvalue weighted by atomic mass is 9.96. The first-order chi connectivity index (χ1) is 9.84. The third-order valence-corrected chi connectivity index (χ3v) is 3.85. The standard InChI is InChI=1S/C15H23N3O3/c1-4-9-18-13(19)8-7-11(16-18)14(20)17-10-5-6-12(17)15(2,3)21/h7-8,12,21H,4-6,9-10H2,1-3H3/t12-/m1/s1. The van der Waals surface area contributed by atoms with Crippen LogP contribution in [0.4, 0.5) is 0 Å². The van der Waals surface area contributed by atoms with E-state index in [9.17, 15) is 14.7 Å². The molecule has 0 saturated carbocycles. The Morgan fingerprint density at radius 1 is 1.48 bits per heavy atom. The zero-order valence-corrected chi connectivity index (χ0v) is 12.9. The Hall–Kier alpha value is -1.69. The Morgan fingerprint density at radius 3 is 2.81 bits per heavy atom. The zero-order chi connectivity index (χ0) is 15.6. The summed E-state index contributed by atoms with van der Waals surface area (Å²) in [5.74, 6) is -0.218. The van der Waals surface area contributed by atoms with E-state index in [1.54, 1.807) is 18.7 Å². The van der Waals surface area contributed by atoms with Crippen LogP contribution in [0.1, 0.15) is 50.5 Å². The van der Waals surface area contributed by atoms with Gasteiger partial charge in [-0.25, -0.2) is 4.68 Å². The summed E-state index contributed by atoms with van der Waals surface area (Å²) in [5.41, 5.74) is -0.877. The van der Waals surface area contributed by atoms with E-state index in [0.717, 1.165) is 19.3 Å². The van der Waals surface area contributed by atoms with E-state index in [4.69, 9.17) is 0 Å². The Kier molecular flexibility index (Phi) is 4.46. The molecule has 2 rings (SSSR count). The molecule has 0 radical (unpaired) electrons. The second kappa shape index (κ2) is 5.97. The quantitative estimate of drug-likeness (QED) is 0.899. The highest BCUT2D eigenvalue weighted by Gasteiger charge is 2.39. The molecule has 6 heteroatoms. The molecule has 1 aromatic heterocycles. The van der Waals surface area contributed by atoms with Gasteiger partial charge in [0.25, 0.3) is 11.5 Å². The molecule has 0 unspecified atom stereocenters. The van der Waals surface area contributed by atoms with Crippen molar-refractivity contribution in [3.63, 3.8) is 0 Å². The van der Waals surface area contributed by atoms with Crippen molar-refractivity contribution in [1.29, 1.82) is 0 Å². The van der Waals surface area contributed by atoms with Crippen LogP contribution < -0.4 is 5.56 Å². The molecular weight excluding hydrogens is 270 g/mol. The van der Waals surface area contributed by atoms with Gasteiger partial charge in [-0.15, -0.1) is 0 Å². The number of carbonyl (C=O) groups excluding carboxylic acids is 1. The predicted octanol–water partition coefficient (Wildman–Crippen LogP) is 1.03. The molecule has 0 bridgehead atoms. The molecule has 1 saturated heterocycles. The molecule has 1 N–H and O–H groups in total. The number of rotatable bonds is 4. The number of aliphatic hydroxyl groups is 1. The number of carbonyl (C=O) groups is 1. The first kappa shape index (κ1) is 15.7. The Morgan fingerprint density at radius 2 is 2.19 bits per heavy atom. The summed E-state index contributed by atoms with van der Waals surface area (Å²) in [5, 5.41) is 14.4. The van der Waals surface area contributed by atoms with Gasteiger partial charge in [0.1, 0.15) is 5.69 Å². The van der Waals surface area contributed by atoms with Gasteiger partial charge in [-0.2, -0.15) is 5.10 Å². The molecule has 21 heavy (non-hydrogen) atoms. The van der Waals surface area contributed by atoms with Gasteiger partial charge in [0.15, 0.2) is 0 Å². The molecule has 116 valence electrons. The Bertz CT molecular complexity index is 574. The first-order valence-electron chi connectivity index (χ1n) is 7.46. The van der Waals surface area contributed by atoms with Crippen LogP contribution in [0.15, 0.2) is 16.9 Å². The summed E-state index contributed by atoms with van der Waals surface area (Å²) >= 11 is 0. The molecule has 1 aliphatic rings. The fraction of sp³-hybridized carbons (Fsp3) is 0.667. The summed E-state index contributed by atoms with van der Waals surface area (Å²) < 4.78 is 1.32. The molecule has 1 fully saturated rings. The molecule has 2 heterocycles. The fourth-order valence-electron chi connectivity index (χ4n) is 2.83. The lowest BCUT2D eigenvalue weighted by Gasteiger charge is -2.33. The van der Waals surface area contributed by atoms with Crippen LogP contribution in [0, 0.1) is 0 Å². The highest BCUT2D eigenvalue weighted by atomic mass is 16.3. The molecule has 0 aliphatic carbocycles. The van der Waals surface area contributed by atoms with Crippen LogP contribution in [0.5, 0.6) is 0 Å². The Labute approximate surface area is 124 Å². The van der Waals surface area contributed by atoms with E-state index in [1.807, 2.05) is 6.92 Å². The average molecular weight is 293 g/mol. The maximum absolute atomic E-state index is 12.6. The number of aryl methyl sites for hydroxylation is 1. The molecular formula is C15H23N3O3. The van der Waals surface area contributed by atoms with Gasteiger partial charge in [0, 0.05) is 19.2 Å². The van der Waals surface area contributed by atoms with E-state index in [2.05, 4.69) is 5.10 Å². The lowest BCUT2D eigenvalue weighted by molar-refractivity contribution is 0.0000229. The first-order valence-corrected chi connectivity index (χ1v) is 7.46. The minimum Gasteiger partial charge on any atom is -0.388 e. The van der Waals surface area contributed by atoms with Crippen LogP contribution in [0.2, 0.25) is 0 Å². The Balaban J connectivity index is 2.27. The van der Waals surface area contributed by atoms with Crippen LogP contribution in [0.3, 0.4) is 0 Å². The topological polar surface area (TPSA) is 75.4 Å². The SMILES string of the molecule is CCCn1nc(C(=O)N2CCC[C@@H]2C(C)(C)O)ccc1=O. The van der Waals surface area contributed by atoms with E-state index in [0.29, 0.717) is 13.1 Å². The second-order valence-corrected chi connectivity index (χ2v) is 6.09. The van der Waals surface area contributed by atoms with Crippen molar-refractivity contribution in [2.24, 2.45) is 0 Å². The number of hydrogen-bond donors (Lipinski definition) is 1. The van der Waals surface area contributed by atoms with Gasteiger partial charge < -0.3 is 10.0 Å². The summed E-state index contributed by atoms with van der Waals surface area (Å²) in [6.45, 7) is 6.49. The van der Waals surface area contributed by atoms with Gasteiger partial charge in [-0.3, -0.25) is 9.59 Å². The van der Waals surface area contributed by atoms with Crippen molar-refractivity contribution in [2.45, 2.75) is 58.2 Å². The summed E-state index contributed by atoms with van der Waals surface area (Å²) in [4.78, 5) is 25.9. The molecule has 1 aliphatic heterocycles.